The van der Waals surface area contributed by atoms with Crippen LogP contribution in [0.4, 0.5) is 10.2 Å². The number of amides is 1. The molecule has 2 heterocycles. The van der Waals surface area contributed by atoms with Gasteiger partial charge in [-0.05, 0) is 36.6 Å². The Morgan fingerprint density at radius 1 is 1.17 bits per heavy atom. The average Bonchev–Trinajstić information content (AvgIpc) is 3.10. The molecule has 0 bridgehead atoms. The highest BCUT2D eigenvalue weighted by molar-refractivity contribution is 5.78. The number of hydrogen-bond donors (Lipinski definition) is 1. The van der Waals surface area contributed by atoms with E-state index in [9.17, 15) is 9.18 Å². The summed E-state index contributed by atoms with van der Waals surface area (Å²) in [7, 11) is 0. The van der Waals surface area contributed by atoms with E-state index in [0.29, 0.717) is 12.4 Å². The summed E-state index contributed by atoms with van der Waals surface area (Å²) in [6.45, 7) is 2.34. The van der Waals surface area contributed by atoms with E-state index in [1.165, 1.54) is 25.0 Å². The van der Waals surface area contributed by atoms with Crippen molar-refractivity contribution in [2.45, 2.75) is 25.8 Å². The Bertz CT molecular complexity index is 669. The fourth-order valence-corrected chi connectivity index (χ4v) is 2.62. The van der Waals surface area contributed by atoms with Crippen LogP contribution in [0.1, 0.15) is 24.2 Å². The lowest BCUT2D eigenvalue weighted by Crippen LogP contribution is -2.26. The molecule has 6 heteroatoms. The van der Waals surface area contributed by atoms with Crippen LogP contribution >= 0.6 is 0 Å². The summed E-state index contributed by atoms with van der Waals surface area (Å²) in [5.74, 6) is 1.08. The van der Waals surface area contributed by atoms with E-state index >= 15 is 0 Å². The van der Waals surface area contributed by atoms with Gasteiger partial charge in [0.1, 0.15) is 17.5 Å². The summed E-state index contributed by atoms with van der Waals surface area (Å²) in [6.07, 6.45) is 4.32. The van der Waals surface area contributed by atoms with Crippen molar-refractivity contribution < 1.29 is 9.18 Å². The third kappa shape index (κ3) is 4.25. The molecule has 23 heavy (non-hydrogen) atoms. The number of anilines is 1. The predicted octanol–water partition coefficient (Wildman–Crippen LogP) is 2.07. The molecule has 0 atom stereocenters. The summed E-state index contributed by atoms with van der Waals surface area (Å²) < 4.78 is 12.8. The van der Waals surface area contributed by atoms with Crippen molar-refractivity contribution >= 4 is 11.7 Å². The Labute approximate surface area is 134 Å². The van der Waals surface area contributed by atoms with E-state index < -0.39 is 0 Å². The van der Waals surface area contributed by atoms with E-state index in [2.05, 4.69) is 20.2 Å². The highest BCUT2D eigenvalue weighted by Gasteiger charge is 2.14. The molecule has 5 nitrogen and oxygen atoms in total. The molecule has 1 N–H and O–H groups in total. The first kappa shape index (κ1) is 15.4. The van der Waals surface area contributed by atoms with Gasteiger partial charge in [-0.1, -0.05) is 12.1 Å². The van der Waals surface area contributed by atoms with Crippen LogP contribution in [0, 0.1) is 5.82 Å². The van der Waals surface area contributed by atoms with Crippen LogP contribution < -0.4 is 10.2 Å². The number of rotatable bonds is 5. The molecule has 120 valence electrons. The highest BCUT2D eigenvalue weighted by Crippen LogP contribution is 2.16. The normalized spacial score (nSPS) is 14.0. The van der Waals surface area contributed by atoms with E-state index in [1.54, 1.807) is 18.3 Å². The Balaban J connectivity index is 1.54. The standard InChI is InChI=1S/C17H19FN4O/c18-14-5-3-13(4-6-14)11-17(23)20-12-15-19-8-7-16(21-15)22-9-1-2-10-22/h3-8H,1-2,9-12H2,(H,20,23). The number of benzene rings is 1. The smallest absolute Gasteiger partial charge is 0.224 e. The van der Waals surface area contributed by atoms with Gasteiger partial charge in [-0.3, -0.25) is 4.79 Å². The lowest BCUT2D eigenvalue weighted by atomic mass is 10.1. The van der Waals surface area contributed by atoms with Gasteiger partial charge in [0.05, 0.1) is 13.0 Å². The van der Waals surface area contributed by atoms with Crippen LogP contribution in [0.25, 0.3) is 0 Å². The molecule has 1 aliphatic rings. The summed E-state index contributed by atoms with van der Waals surface area (Å²) in [5, 5.41) is 2.80. The quantitative estimate of drug-likeness (QED) is 0.918. The minimum absolute atomic E-state index is 0.133. The van der Waals surface area contributed by atoms with Gasteiger partial charge in [0.2, 0.25) is 5.91 Å². The summed E-state index contributed by atoms with van der Waals surface area (Å²) in [5.41, 5.74) is 0.774. The van der Waals surface area contributed by atoms with E-state index in [4.69, 9.17) is 0 Å². The Morgan fingerprint density at radius 2 is 1.91 bits per heavy atom. The van der Waals surface area contributed by atoms with E-state index in [0.717, 1.165) is 24.5 Å². The maximum Gasteiger partial charge on any atom is 0.224 e. The summed E-state index contributed by atoms with van der Waals surface area (Å²) in [6, 6.07) is 7.82. The van der Waals surface area contributed by atoms with Gasteiger partial charge >= 0.3 is 0 Å². The molecular formula is C17H19FN4O. The van der Waals surface area contributed by atoms with Gasteiger partial charge in [0, 0.05) is 19.3 Å². The SMILES string of the molecule is O=C(Cc1ccc(F)cc1)NCc1nccc(N2CCCC2)n1. The van der Waals surface area contributed by atoms with Crippen molar-refractivity contribution in [1.29, 1.82) is 0 Å². The lowest BCUT2D eigenvalue weighted by Gasteiger charge is -2.16. The van der Waals surface area contributed by atoms with Crippen LogP contribution in [-0.4, -0.2) is 29.0 Å². The first-order chi connectivity index (χ1) is 11.2. The molecule has 1 aromatic carbocycles. The fourth-order valence-electron chi connectivity index (χ4n) is 2.62. The molecule has 1 fully saturated rings. The number of nitrogens with zero attached hydrogens (tertiary/aromatic N) is 3. The van der Waals surface area contributed by atoms with Gasteiger partial charge in [-0.15, -0.1) is 0 Å². The van der Waals surface area contributed by atoms with Crippen LogP contribution in [0.3, 0.4) is 0 Å². The molecule has 0 spiro atoms. The topological polar surface area (TPSA) is 58.1 Å². The Hall–Kier alpha value is -2.50. The highest BCUT2D eigenvalue weighted by atomic mass is 19.1. The summed E-state index contributed by atoms with van der Waals surface area (Å²) >= 11 is 0. The Kier molecular flexibility index (Phi) is 4.80. The van der Waals surface area contributed by atoms with E-state index in [1.807, 2.05) is 6.07 Å². The molecule has 1 aromatic heterocycles. The zero-order chi connectivity index (χ0) is 16.1. The number of aromatic nitrogens is 2. The second kappa shape index (κ2) is 7.17. The third-order valence-corrected chi connectivity index (χ3v) is 3.84. The van der Waals surface area contributed by atoms with Crippen LogP contribution in [-0.2, 0) is 17.8 Å². The minimum atomic E-state index is -0.304. The van der Waals surface area contributed by atoms with Crippen molar-refractivity contribution in [3.63, 3.8) is 0 Å². The molecule has 0 saturated carbocycles. The second-order valence-electron chi connectivity index (χ2n) is 5.61. The van der Waals surface area contributed by atoms with Crippen molar-refractivity contribution in [2.75, 3.05) is 18.0 Å². The molecule has 0 radical (unpaired) electrons. The Morgan fingerprint density at radius 3 is 2.65 bits per heavy atom. The van der Waals surface area contributed by atoms with Gasteiger partial charge < -0.3 is 10.2 Å². The fraction of sp³-hybridized carbons (Fsp3) is 0.353. The molecule has 1 amide bonds. The molecule has 0 aliphatic carbocycles. The van der Waals surface area contributed by atoms with Crippen LogP contribution in [0.15, 0.2) is 36.5 Å². The van der Waals surface area contributed by atoms with Crippen molar-refractivity contribution in [3.8, 4) is 0 Å². The zero-order valence-electron chi connectivity index (χ0n) is 12.8. The van der Waals surface area contributed by atoms with Crippen molar-refractivity contribution in [2.24, 2.45) is 0 Å². The third-order valence-electron chi connectivity index (χ3n) is 3.84. The zero-order valence-corrected chi connectivity index (χ0v) is 12.8. The molecule has 0 unspecified atom stereocenters. The predicted molar refractivity (Wildman–Crippen MR) is 85.4 cm³/mol. The van der Waals surface area contributed by atoms with Gasteiger partial charge in [-0.2, -0.15) is 0 Å². The van der Waals surface area contributed by atoms with Gasteiger partial charge in [0.25, 0.3) is 0 Å². The number of nitrogens with one attached hydrogen (secondary N) is 1. The minimum Gasteiger partial charge on any atom is -0.357 e. The monoisotopic (exact) mass is 314 g/mol. The van der Waals surface area contributed by atoms with Crippen molar-refractivity contribution in [3.05, 3.63) is 53.7 Å². The second-order valence-corrected chi connectivity index (χ2v) is 5.61. The maximum absolute atomic E-state index is 12.8. The number of halogens is 1. The first-order valence-electron chi connectivity index (χ1n) is 7.79. The van der Waals surface area contributed by atoms with Gasteiger partial charge in [0.15, 0.2) is 0 Å². The molecule has 1 aliphatic heterocycles. The van der Waals surface area contributed by atoms with Gasteiger partial charge in [-0.25, -0.2) is 14.4 Å². The summed E-state index contributed by atoms with van der Waals surface area (Å²) in [4.78, 5) is 22.9. The van der Waals surface area contributed by atoms with Crippen molar-refractivity contribution in [1.82, 2.24) is 15.3 Å². The number of carbonyl (C=O) groups is 1. The molecule has 2 aromatic rings. The lowest BCUT2D eigenvalue weighted by molar-refractivity contribution is -0.120. The average molecular weight is 314 g/mol. The molecular weight excluding hydrogens is 295 g/mol. The first-order valence-corrected chi connectivity index (χ1v) is 7.79. The number of hydrogen-bond acceptors (Lipinski definition) is 4. The number of carbonyl (C=O) groups excluding carboxylic acids is 1. The van der Waals surface area contributed by atoms with Crippen LogP contribution in [0.2, 0.25) is 0 Å². The van der Waals surface area contributed by atoms with E-state index in [-0.39, 0.29) is 18.1 Å². The van der Waals surface area contributed by atoms with Crippen LogP contribution in [0.5, 0.6) is 0 Å². The molecule has 1 saturated heterocycles. The largest absolute Gasteiger partial charge is 0.357 e. The maximum atomic E-state index is 12.8. The molecule has 3 rings (SSSR count).